The van der Waals surface area contributed by atoms with Gasteiger partial charge in [0.2, 0.25) is 0 Å². The van der Waals surface area contributed by atoms with E-state index in [-0.39, 0.29) is 16.9 Å². The molecule has 1 unspecified atom stereocenters. The molecule has 6 heteroatoms. The third-order valence-corrected chi connectivity index (χ3v) is 6.25. The molecule has 0 N–H and O–H groups in total. The van der Waals surface area contributed by atoms with Gasteiger partial charge in [0.15, 0.2) is 5.43 Å². The molecule has 1 aliphatic heterocycles. The van der Waals surface area contributed by atoms with E-state index in [0.29, 0.717) is 35.2 Å². The third kappa shape index (κ3) is 4.45. The molecule has 1 aliphatic rings. The van der Waals surface area contributed by atoms with Crippen LogP contribution in [0.2, 0.25) is 5.02 Å². The van der Waals surface area contributed by atoms with E-state index in [2.05, 4.69) is 30.3 Å². The molecular weight excluding hydrogens is 424 g/mol. The average Bonchev–Trinajstić information content (AvgIpc) is 2.76. The van der Waals surface area contributed by atoms with Crippen molar-refractivity contribution < 1.29 is 9.47 Å². The van der Waals surface area contributed by atoms with Crippen LogP contribution in [0, 0.1) is 5.41 Å². The average molecular weight is 453 g/mol. The summed E-state index contributed by atoms with van der Waals surface area (Å²) >= 11 is 6.58. The molecular formula is C26H29ClN2O3. The molecule has 0 saturated carbocycles. The summed E-state index contributed by atoms with van der Waals surface area (Å²) in [4.78, 5) is 17.5. The summed E-state index contributed by atoms with van der Waals surface area (Å²) in [6.07, 6.45) is 5.29. The smallest absolute Gasteiger partial charge is 0.191 e. The van der Waals surface area contributed by atoms with Gasteiger partial charge in [-0.25, -0.2) is 0 Å². The first-order valence-corrected chi connectivity index (χ1v) is 11.3. The highest BCUT2D eigenvalue weighted by molar-refractivity contribution is 6.32. The molecule has 0 spiro atoms. The fourth-order valence-corrected chi connectivity index (χ4v) is 4.48. The van der Waals surface area contributed by atoms with E-state index in [1.54, 1.807) is 19.4 Å². The summed E-state index contributed by atoms with van der Waals surface area (Å²) in [6.45, 7) is 7.86. The van der Waals surface area contributed by atoms with Crippen molar-refractivity contribution >= 4 is 11.6 Å². The van der Waals surface area contributed by atoms with Crippen molar-refractivity contribution in [2.24, 2.45) is 5.41 Å². The highest BCUT2D eigenvalue weighted by Gasteiger charge is 2.33. The summed E-state index contributed by atoms with van der Waals surface area (Å²) in [5, 5.41) is 0.545. The van der Waals surface area contributed by atoms with Crippen LogP contribution in [-0.2, 0) is 11.2 Å². The summed E-state index contributed by atoms with van der Waals surface area (Å²) in [5.41, 5.74) is 4.21. The molecule has 0 saturated heterocycles. The quantitative estimate of drug-likeness (QED) is 0.444. The van der Waals surface area contributed by atoms with Gasteiger partial charge in [-0.15, -0.1) is 0 Å². The maximum atomic E-state index is 13.1. The number of ether oxygens (including phenoxy) is 2. The van der Waals surface area contributed by atoms with Gasteiger partial charge in [-0.2, -0.15) is 0 Å². The Morgan fingerprint density at radius 1 is 1.16 bits per heavy atom. The Hall–Kier alpha value is -2.63. The minimum absolute atomic E-state index is 0.0258. The molecule has 5 nitrogen and oxygen atoms in total. The number of nitrogens with zero attached hydrogens (tertiary/aromatic N) is 2. The summed E-state index contributed by atoms with van der Waals surface area (Å²) in [6, 6.07) is 11.5. The molecule has 0 radical (unpaired) electrons. The Morgan fingerprint density at radius 3 is 2.66 bits per heavy atom. The third-order valence-electron chi connectivity index (χ3n) is 5.95. The van der Waals surface area contributed by atoms with E-state index in [1.807, 2.05) is 36.5 Å². The van der Waals surface area contributed by atoms with E-state index in [4.69, 9.17) is 21.1 Å². The van der Waals surface area contributed by atoms with Gasteiger partial charge < -0.3 is 14.0 Å². The SMILES string of the molecule is COCCCOc1cc2c(cc1Cl)-c1cc(=O)c(-c3ccccn3)cn1C(C(C)(C)C)C2. The summed E-state index contributed by atoms with van der Waals surface area (Å²) < 4.78 is 13.2. The second-order valence-corrected chi connectivity index (χ2v) is 9.69. The van der Waals surface area contributed by atoms with Crippen molar-refractivity contribution in [1.82, 2.24) is 9.55 Å². The number of aromatic nitrogens is 2. The van der Waals surface area contributed by atoms with Crippen LogP contribution in [0.5, 0.6) is 5.75 Å². The fraction of sp³-hybridized carbons (Fsp3) is 0.385. The first-order valence-electron chi connectivity index (χ1n) is 10.9. The molecule has 3 heterocycles. The molecule has 32 heavy (non-hydrogen) atoms. The monoisotopic (exact) mass is 452 g/mol. The van der Waals surface area contributed by atoms with Crippen molar-refractivity contribution in [3.8, 4) is 28.3 Å². The van der Waals surface area contributed by atoms with Gasteiger partial charge in [0.25, 0.3) is 0 Å². The zero-order valence-corrected chi connectivity index (χ0v) is 19.8. The Balaban J connectivity index is 1.82. The lowest BCUT2D eigenvalue weighted by molar-refractivity contribution is 0.172. The summed E-state index contributed by atoms with van der Waals surface area (Å²) in [5.74, 6) is 0.676. The van der Waals surface area contributed by atoms with Crippen LogP contribution in [0.3, 0.4) is 0 Å². The Bertz CT molecular complexity index is 1170. The van der Waals surface area contributed by atoms with E-state index in [1.165, 1.54) is 0 Å². The molecule has 168 valence electrons. The van der Waals surface area contributed by atoms with Crippen LogP contribution >= 0.6 is 11.6 Å². The minimum atomic E-state index is -0.0496. The summed E-state index contributed by atoms with van der Waals surface area (Å²) in [7, 11) is 1.68. The van der Waals surface area contributed by atoms with Crippen LogP contribution in [0.15, 0.2) is 53.6 Å². The highest BCUT2D eigenvalue weighted by atomic mass is 35.5. The van der Waals surface area contributed by atoms with Gasteiger partial charge in [-0.1, -0.05) is 38.4 Å². The van der Waals surface area contributed by atoms with Gasteiger partial charge in [-0.05, 0) is 41.7 Å². The molecule has 0 amide bonds. The van der Waals surface area contributed by atoms with Crippen molar-refractivity contribution in [3.63, 3.8) is 0 Å². The number of rotatable bonds is 6. The number of hydrogen-bond donors (Lipinski definition) is 0. The predicted molar refractivity (Wildman–Crippen MR) is 129 cm³/mol. The number of benzene rings is 1. The van der Waals surface area contributed by atoms with Crippen molar-refractivity contribution in [3.05, 3.63) is 69.6 Å². The normalized spacial score (nSPS) is 15.2. The first-order chi connectivity index (χ1) is 15.3. The van der Waals surface area contributed by atoms with E-state index >= 15 is 0 Å². The zero-order chi connectivity index (χ0) is 22.9. The van der Waals surface area contributed by atoms with Crippen LogP contribution in [-0.4, -0.2) is 29.9 Å². The second kappa shape index (κ2) is 9.08. The van der Waals surface area contributed by atoms with Crippen LogP contribution in [0.1, 0.15) is 38.8 Å². The van der Waals surface area contributed by atoms with Gasteiger partial charge in [0.1, 0.15) is 5.75 Å². The molecule has 0 fully saturated rings. The standard InChI is InChI=1S/C26H29ClN2O3/c1-26(2,3)25-13-17-12-24(32-11-7-10-31-4)20(27)14-18(17)22-15-23(30)19(16-29(22)25)21-8-5-6-9-28-21/h5-6,8-9,12,14-16,25H,7,10-11,13H2,1-4H3. The second-order valence-electron chi connectivity index (χ2n) is 9.28. The Labute approximate surface area is 194 Å². The van der Waals surface area contributed by atoms with Gasteiger partial charge in [0, 0.05) is 50.2 Å². The maximum Gasteiger partial charge on any atom is 0.191 e. The van der Waals surface area contributed by atoms with Gasteiger partial charge in [-0.3, -0.25) is 9.78 Å². The van der Waals surface area contributed by atoms with Crippen LogP contribution in [0.25, 0.3) is 22.5 Å². The van der Waals surface area contributed by atoms with Crippen molar-refractivity contribution in [2.75, 3.05) is 20.3 Å². The molecule has 0 bridgehead atoms. The molecule has 0 aliphatic carbocycles. The Kier molecular flexibility index (Phi) is 6.40. The molecule has 1 atom stereocenters. The van der Waals surface area contributed by atoms with E-state index in [9.17, 15) is 4.79 Å². The number of halogens is 1. The number of hydrogen-bond acceptors (Lipinski definition) is 4. The zero-order valence-electron chi connectivity index (χ0n) is 19.0. The largest absolute Gasteiger partial charge is 0.492 e. The van der Waals surface area contributed by atoms with Crippen LogP contribution < -0.4 is 10.2 Å². The number of fused-ring (bicyclic) bond motifs is 3. The first kappa shape index (κ1) is 22.6. The molecule has 3 aromatic rings. The minimum Gasteiger partial charge on any atom is -0.492 e. The predicted octanol–water partition coefficient (Wildman–Crippen LogP) is 5.79. The number of methoxy groups -OCH3 is 1. The van der Waals surface area contributed by atoms with Crippen molar-refractivity contribution in [1.29, 1.82) is 0 Å². The lowest BCUT2D eigenvalue weighted by Gasteiger charge is -2.39. The van der Waals surface area contributed by atoms with E-state index in [0.717, 1.165) is 29.7 Å². The van der Waals surface area contributed by atoms with Crippen molar-refractivity contribution in [2.45, 2.75) is 39.7 Å². The Morgan fingerprint density at radius 2 is 1.97 bits per heavy atom. The van der Waals surface area contributed by atoms with Crippen LogP contribution in [0.4, 0.5) is 0 Å². The van der Waals surface area contributed by atoms with E-state index < -0.39 is 0 Å². The van der Waals surface area contributed by atoms with Gasteiger partial charge >= 0.3 is 0 Å². The molecule has 4 rings (SSSR count). The lowest BCUT2D eigenvalue weighted by atomic mass is 9.78. The molecule has 2 aromatic heterocycles. The fourth-order valence-electron chi connectivity index (χ4n) is 4.27. The maximum absolute atomic E-state index is 13.1. The highest BCUT2D eigenvalue weighted by Crippen LogP contribution is 2.45. The lowest BCUT2D eigenvalue weighted by Crippen LogP contribution is -2.31. The van der Waals surface area contributed by atoms with Gasteiger partial charge in [0.05, 0.1) is 28.6 Å². The number of pyridine rings is 2. The molecule has 1 aromatic carbocycles. The topological polar surface area (TPSA) is 53.4 Å².